The molecule has 22 heavy (non-hydrogen) atoms. The van der Waals surface area contributed by atoms with E-state index in [9.17, 15) is 14.7 Å². The van der Waals surface area contributed by atoms with Crippen LogP contribution in [0.5, 0.6) is 0 Å². The Morgan fingerprint density at radius 1 is 1.14 bits per heavy atom. The Balaban J connectivity index is 4.46. The van der Waals surface area contributed by atoms with Crippen LogP contribution in [0.3, 0.4) is 0 Å². The lowest BCUT2D eigenvalue weighted by molar-refractivity contribution is -0.143. The van der Waals surface area contributed by atoms with Gasteiger partial charge in [-0.15, -0.1) is 13.2 Å². The summed E-state index contributed by atoms with van der Waals surface area (Å²) in [4.78, 5) is 25.0. The molecule has 0 aliphatic carbocycles. The van der Waals surface area contributed by atoms with Crippen LogP contribution < -0.4 is 0 Å². The Hall–Kier alpha value is -1.84. The van der Waals surface area contributed by atoms with Gasteiger partial charge in [0.2, 0.25) is 5.91 Å². The third-order valence-corrected chi connectivity index (χ3v) is 3.36. The summed E-state index contributed by atoms with van der Waals surface area (Å²) < 4.78 is 0. The summed E-state index contributed by atoms with van der Waals surface area (Å²) in [7, 11) is 0. The van der Waals surface area contributed by atoms with Crippen molar-refractivity contribution >= 4 is 11.9 Å². The number of hydrogen-bond acceptors (Lipinski definition) is 2. The minimum Gasteiger partial charge on any atom is -0.481 e. The molecular weight excluding hydrogens is 278 g/mol. The number of nitrogens with zero attached hydrogens (tertiary/aromatic N) is 1. The van der Waals surface area contributed by atoms with Crippen LogP contribution in [-0.2, 0) is 9.59 Å². The summed E-state index contributed by atoms with van der Waals surface area (Å²) in [5, 5.41) is 9.24. The minimum absolute atomic E-state index is 0.0253. The largest absolute Gasteiger partial charge is 0.481 e. The van der Waals surface area contributed by atoms with Crippen molar-refractivity contribution in [2.45, 2.75) is 45.4 Å². The lowest BCUT2D eigenvalue weighted by Crippen LogP contribution is -2.33. The van der Waals surface area contributed by atoms with E-state index < -0.39 is 11.9 Å². The monoisotopic (exact) mass is 307 g/mol. The van der Waals surface area contributed by atoms with Crippen LogP contribution in [-0.4, -0.2) is 35.0 Å². The SMILES string of the molecule is C=CCN(CC=C)C(=O)CC(C=CCCCCCC)C(=O)O. The number of rotatable bonds is 13. The van der Waals surface area contributed by atoms with Crippen LogP contribution in [0.1, 0.15) is 45.4 Å². The van der Waals surface area contributed by atoms with Crippen molar-refractivity contribution < 1.29 is 14.7 Å². The van der Waals surface area contributed by atoms with Crippen molar-refractivity contribution in [3.63, 3.8) is 0 Å². The molecule has 0 saturated carbocycles. The van der Waals surface area contributed by atoms with Gasteiger partial charge in [0.25, 0.3) is 0 Å². The topological polar surface area (TPSA) is 57.6 Å². The van der Waals surface area contributed by atoms with Crippen LogP contribution in [0.2, 0.25) is 0 Å². The van der Waals surface area contributed by atoms with Gasteiger partial charge < -0.3 is 10.0 Å². The molecule has 124 valence electrons. The van der Waals surface area contributed by atoms with E-state index in [1.165, 1.54) is 12.8 Å². The molecule has 0 saturated heterocycles. The van der Waals surface area contributed by atoms with Crippen LogP contribution in [0.25, 0.3) is 0 Å². The standard InChI is InChI=1S/C18H29NO3/c1-4-7-8-9-10-11-12-16(18(21)22)15-17(20)19(13-5-2)14-6-3/h5-6,11-12,16H,2-4,7-10,13-15H2,1H3,(H,21,22). The van der Waals surface area contributed by atoms with E-state index in [1.807, 2.05) is 6.08 Å². The summed E-state index contributed by atoms with van der Waals surface area (Å²) in [6, 6.07) is 0. The molecule has 0 fully saturated rings. The molecule has 0 aromatic rings. The Morgan fingerprint density at radius 3 is 2.27 bits per heavy atom. The maximum absolute atomic E-state index is 12.1. The highest BCUT2D eigenvalue weighted by Crippen LogP contribution is 2.11. The molecule has 0 rings (SSSR count). The maximum atomic E-state index is 12.1. The van der Waals surface area contributed by atoms with E-state index in [0.29, 0.717) is 13.1 Å². The van der Waals surface area contributed by atoms with E-state index in [0.717, 1.165) is 19.3 Å². The molecular formula is C18H29NO3. The lowest BCUT2D eigenvalue weighted by Gasteiger charge is -2.20. The average molecular weight is 307 g/mol. The quantitative estimate of drug-likeness (QED) is 0.416. The fraction of sp³-hybridized carbons (Fsp3) is 0.556. The van der Waals surface area contributed by atoms with Crippen molar-refractivity contribution in [3.8, 4) is 0 Å². The van der Waals surface area contributed by atoms with Gasteiger partial charge in [0.05, 0.1) is 5.92 Å². The molecule has 0 radical (unpaired) electrons. The highest BCUT2D eigenvalue weighted by molar-refractivity contribution is 5.83. The molecule has 4 nitrogen and oxygen atoms in total. The molecule has 0 aromatic heterocycles. The first-order chi connectivity index (χ1) is 10.6. The average Bonchev–Trinajstić information content (AvgIpc) is 2.48. The molecule has 0 aliphatic heterocycles. The van der Waals surface area contributed by atoms with Gasteiger partial charge in [-0.1, -0.05) is 50.5 Å². The summed E-state index contributed by atoms with van der Waals surface area (Å²) >= 11 is 0. The van der Waals surface area contributed by atoms with Crippen molar-refractivity contribution in [1.82, 2.24) is 4.90 Å². The molecule has 0 aliphatic rings. The summed E-state index contributed by atoms with van der Waals surface area (Å²) in [6.45, 7) is 10.2. The fourth-order valence-corrected chi connectivity index (χ4v) is 2.09. The Kier molecular flexibility index (Phi) is 11.8. The van der Waals surface area contributed by atoms with Crippen molar-refractivity contribution in [2.75, 3.05) is 13.1 Å². The number of carbonyl (C=O) groups is 2. The number of unbranched alkanes of at least 4 members (excludes halogenated alkanes) is 4. The third kappa shape index (κ3) is 9.16. The summed E-state index contributed by atoms with van der Waals surface area (Å²) in [6.07, 6.45) is 12.2. The molecule has 0 aromatic carbocycles. The molecule has 0 bridgehead atoms. The molecule has 0 heterocycles. The number of carboxylic acids is 1. The van der Waals surface area contributed by atoms with Crippen molar-refractivity contribution in [3.05, 3.63) is 37.5 Å². The summed E-state index contributed by atoms with van der Waals surface area (Å²) in [5.74, 6) is -1.92. The van der Waals surface area contributed by atoms with Gasteiger partial charge in [-0.25, -0.2) is 0 Å². The highest BCUT2D eigenvalue weighted by atomic mass is 16.4. The van der Waals surface area contributed by atoms with E-state index in [2.05, 4.69) is 20.1 Å². The molecule has 1 atom stereocenters. The van der Waals surface area contributed by atoms with E-state index in [-0.39, 0.29) is 12.3 Å². The second kappa shape index (κ2) is 12.9. The zero-order chi connectivity index (χ0) is 16.8. The highest BCUT2D eigenvalue weighted by Gasteiger charge is 2.21. The van der Waals surface area contributed by atoms with Crippen molar-refractivity contribution in [1.29, 1.82) is 0 Å². The molecule has 1 amide bonds. The number of hydrogen-bond donors (Lipinski definition) is 1. The van der Waals surface area contributed by atoms with Gasteiger partial charge in [0, 0.05) is 19.5 Å². The first-order valence-electron chi connectivity index (χ1n) is 7.95. The second-order valence-electron chi connectivity index (χ2n) is 5.30. The Morgan fingerprint density at radius 2 is 1.77 bits per heavy atom. The Labute approximate surface area is 134 Å². The molecule has 4 heteroatoms. The van der Waals surface area contributed by atoms with E-state index in [4.69, 9.17) is 0 Å². The van der Waals surface area contributed by atoms with Gasteiger partial charge in [-0.2, -0.15) is 0 Å². The zero-order valence-electron chi connectivity index (χ0n) is 13.7. The van der Waals surface area contributed by atoms with Crippen LogP contribution in [0.15, 0.2) is 37.5 Å². The van der Waals surface area contributed by atoms with Crippen LogP contribution in [0.4, 0.5) is 0 Å². The van der Waals surface area contributed by atoms with Gasteiger partial charge >= 0.3 is 5.97 Å². The zero-order valence-corrected chi connectivity index (χ0v) is 13.7. The Bertz CT molecular complexity index is 378. The fourth-order valence-electron chi connectivity index (χ4n) is 2.09. The molecule has 1 unspecified atom stereocenters. The first-order valence-corrected chi connectivity index (χ1v) is 7.95. The molecule has 1 N–H and O–H groups in total. The third-order valence-electron chi connectivity index (χ3n) is 3.36. The number of aliphatic carboxylic acids is 1. The van der Waals surface area contributed by atoms with E-state index in [1.54, 1.807) is 23.1 Å². The maximum Gasteiger partial charge on any atom is 0.310 e. The van der Waals surface area contributed by atoms with Gasteiger partial charge in [-0.05, 0) is 12.8 Å². The van der Waals surface area contributed by atoms with Gasteiger partial charge in [0.15, 0.2) is 0 Å². The smallest absolute Gasteiger partial charge is 0.310 e. The number of carbonyl (C=O) groups excluding carboxylic acids is 1. The van der Waals surface area contributed by atoms with Crippen LogP contribution >= 0.6 is 0 Å². The molecule has 0 spiro atoms. The predicted octanol–water partition coefficient (Wildman–Crippen LogP) is 3.80. The second-order valence-corrected chi connectivity index (χ2v) is 5.30. The van der Waals surface area contributed by atoms with Crippen molar-refractivity contribution in [2.24, 2.45) is 5.92 Å². The first kappa shape index (κ1) is 20.2. The minimum atomic E-state index is -0.963. The summed E-state index contributed by atoms with van der Waals surface area (Å²) in [5.41, 5.74) is 0. The lowest BCUT2D eigenvalue weighted by atomic mass is 10.0. The number of allylic oxidation sites excluding steroid dienone is 1. The van der Waals surface area contributed by atoms with Gasteiger partial charge in [-0.3, -0.25) is 9.59 Å². The number of carboxylic acid groups (broad SMARTS) is 1. The predicted molar refractivity (Wildman–Crippen MR) is 90.6 cm³/mol. The van der Waals surface area contributed by atoms with Crippen LogP contribution in [0, 0.1) is 5.92 Å². The van der Waals surface area contributed by atoms with Gasteiger partial charge in [0.1, 0.15) is 0 Å². The number of amides is 1. The van der Waals surface area contributed by atoms with E-state index >= 15 is 0 Å². The normalized spacial score (nSPS) is 12.0.